The summed E-state index contributed by atoms with van der Waals surface area (Å²) in [6, 6.07) is 11.6. The standard InChI is InChI=1S/C24H25N5O3/c1-15-21(6-5-19(26-15)24(31)25-2)29-10-8-28(9-11-29)14-16-3-4-17-20(13-16)27-23(30)18-7-12-32-22(17)18/h3-7,12-13H,8-11,14H2,1-2H3,(H,25,31)(H,27,30). The SMILES string of the molecule is CNC(=O)c1ccc(N2CCN(Cc3ccc4c(c3)[nH]c(=O)c3ccoc34)CC2)c(C)n1. The number of carbonyl (C=O) groups excluding carboxylic acids is 1. The highest BCUT2D eigenvalue weighted by atomic mass is 16.3. The molecule has 0 unspecified atom stereocenters. The van der Waals surface area contributed by atoms with Gasteiger partial charge >= 0.3 is 0 Å². The number of anilines is 1. The molecule has 0 aliphatic carbocycles. The van der Waals surface area contributed by atoms with Crippen LogP contribution in [0.5, 0.6) is 0 Å². The molecular weight excluding hydrogens is 406 g/mol. The van der Waals surface area contributed by atoms with Gasteiger partial charge in [-0.3, -0.25) is 14.5 Å². The molecule has 1 aliphatic heterocycles. The highest BCUT2D eigenvalue weighted by molar-refractivity contribution is 6.01. The van der Waals surface area contributed by atoms with E-state index >= 15 is 0 Å². The van der Waals surface area contributed by atoms with Gasteiger partial charge in [0, 0.05) is 45.2 Å². The molecule has 1 aliphatic rings. The lowest BCUT2D eigenvalue weighted by atomic mass is 10.1. The number of benzene rings is 1. The average molecular weight is 431 g/mol. The Morgan fingerprint density at radius 2 is 1.94 bits per heavy atom. The molecule has 32 heavy (non-hydrogen) atoms. The second-order valence-electron chi connectivity index (χ2n) is 8.14. The number of aromatic nitrogens is 2. The minimum absolute atomic E-state index is 0.126. The van der Waals surface area contributed by atoms with E-state index in [1.165, 1.54) is 0 Å². The third-order valence-electron chi connectivity index (χ3n) is 6.12. The lowest BCUT2D eigenvalue weighted by Crippen LogP contribution is -2.46. The number of nitrogens with one attached hydrogen (secondary N) is 2. The molecule has 5 rings (SSSR count). The Kier molecular flexibility index (Phi) is 5.14. The summed E-state index contributed by atoms with van der Waals surface area (Å²) in [6.45, 7) is 6.37. The van der Waals surface area contributed by atoms with Crippen LogP contribution in [0.1, 0.15) is 21.7 Å². The van der Waals surface area contributed by atoms with E-state index in [0.717, 1.165) is 60.6 Å². The number of rotatable bonds is 4. The third-order valence-corrected chi connectivity index (χ3v) is 6.12. The molecule has 8 nitrogen and oxygen atoms in total. The van der Waals surface area contributed by atoms with Gasteiger partial charge in [0.05, 0.1) is 28.5 Å². The molecule has 1 amide bonds. The molecule has 0 radical (unpaired) electrons. The van der Waals surface area contributed by atoms with E-state index in [9.17, 15) is 9.59 Å². The summed E-state index contributed by atoms with van der Waals surface area (Å²) in [5, 5.41) is 4.11. The molecule has 0 atom stereocenters. The number of amides is 1. The molecular formula is C24H25N5O3. The van der Waals surface area contributed by atoms with Crippen LogP contribution >= 0.6 is 0 Å². The second kappa shape index (κ2) is 8.12. The summed E-state index contributed by atoms with van der Waals surface area (Å²) < 4.78 is 5.53. The topological polar surface area (TPSA) is 94.5 Å². The van der Waals surface area contributed by atoms with Crippen LogP contribution in [0.25, 0.3) is 21.9 Å². The Bertz CT molecular complexity index is 1370. The van der Waals surface area contributed by atoms with Crippen LogP contribution in [-0.2, 0) is 6.54 Å². The van der Waals surface area contributed by atoms with E-state index < -0.39 is 0 Å². The van der Waals surface area contributed by atoms with Crippen molar-refractivity contribution in [3.05, 3.63) is 70.0 Å². The molecule has 0 spiro atoms. The first-order valence-electron chi connectivity index (χ1n) is 10.7. The van der Waals surface area contributed by atoms with Gasteiger partial charge in [0.2, 0.25) is 0 Å². The van der Waals surface area contributed by atoms with Crippen LogP contribution in [0.4, 0.5) is 5.69 Å². The monoisotopic (exact) mass is 431 g/mol. The van der Waals surface area contributed by atoms with E-state index in [2.05, 4.69) is 31.2 Å². The van der Waals surface area contributed by atoms with Gasteiger partial charge < -0.3 is 19.6 Å². The summed E-state index contributed by atoms with van der Waals surface area (Å²) >= 11 is 0. The van der Waals surface area contributed by atoms with Crippen LogP contribution in [0.3, 0.4) is 0 Å². The number of hydrogen-bond donors (Lipinski definition) is 2. The molecule has 0 bridgehead atoms. The number of hydrogen-bond acceptors (Lipinski definition) is 6. The smallest absolute Gasteiger partial charge is 0.269 e. The van der Waals surface area contributed by atoms with E-state index in [0.29, 0.717) is 16.7 Å². The molecule has 4 heterocycles. The minimum Gasteiger partial charge on any atom is -0.463 e. The van der Waals surface area contributed by atoms with Crippen LogP contribution in [0.2, 0.25) is 0 Å². The van der Waals surface area contributed by atoms with Gasteiger partial charge in [-0.15, -0.1) is 0 Å². The van der Waals surface area contributed by atoms with Gasteiger partial charge in [-0.2, -0.15) is 0 Å². The van der Waals surface area contributed by atoms with Crippen molar-refractivity contribution < 1.29 is 9.21 Å². The van der Waals surface area contributed by atoms with Gasteiger partial charge in [0.1, 0.15) is 11.3 Å². The molecule has 164 valence electrons. The Morgan fingerprint density at radius 1 is 1.12 bits per heavy atom. The zero-order chi connectivity index (χ0) is 22.2. The summed E-state index contributed by atoms with van der Waals surface area (Å²) in [6.07, 6.45) is 1.55. The number of furan rings is 1. The number of pyridine rings is 2. The molecule has 8 heteroatoms. The number of fused-ring (bicyclic) bond motifs is 3. The predicted molar refractivity (Wildman–Crippen MR) is 124 cm³/mol. The molecule has 3 aromatic heterocycles. The van der Waals surface area contributed by atoms with Crippen molar-refractivity contribution in [2.45, 2.75) is 13.5 Å². The largest absolute Gasteiger partial charge is 0.463 e. The number of carbonyl (C=O) groups is 1. The van der Waals surface area contributed by atoms with Gasteiger partial charge in [0.25, 0.3) is 11.5 Å². The fraction of sp³-hybridized carbons (Fsp3) is 0.292. The highest BCUT2D eigenvalue weighted by Crippen LogP contribution is 2.24. The van der Waals surface area contributed by atoms with E-state index in [-0.39, 0.29) is 11.5 Å². The Labute approximate surface area is 184 Å². The van der Waals surface area contributed by atoms with Crippen molar-refractivity contribution >= 4 is 33.5 Å². The number of H-pyrrole nitrogens is 1. The van der Waals surface area contributed by atoms with Crippen molar-refractivity contribution in [2.24, 2.45) is 0 Å². The predicted octanol–water partition coefficient (Wildman–Crippen LogP) is 2.66. The normalized spacial score (nSPS) is 14.9. The summed E-state index contributed by atoms with van der Waals surface area (Å²) in [5.74, 6) is -0.172. The van der Waals surface area contributed by atoms with Crippen molar-refractivity contribution in [2.75, 3.05) is 38.1 Å². The Balaban J connectivity index is 1.28. The molecule has 0 saturated carbocycles. The van der Waals surface area contributed by atoms with Crippen LogP contribution in [0.15, 0.2) is 51.9 Å². The van der Waals surface area contributed by atoms with Crippen molar-refractivity contribution in [1.29, 1.82) is 0 Å². The fourth-order valence-electron chi connectivity index (χ4n) is 4.43. The van der Waals surface area contributed by atoms with Crippen molar-refractivity contribution in [3.63, 3.8) is 0 Å². The van der Waals surface area contributed by atoms with Crippen molar-refractivity contribution in [1.82, 2.24) is 20.2 Å². The second-order valence-corrected chi connectivity index (χ2v) is 8.14. The summed E-state index contributed by atoms with van der Waals surface area (Å²) in [7, 11) is 1.61. The average Bonchev–Trinajstić information content (AvgIpc) is 3.30. The van der Waals surface area contributed by atoms with Crippen LogP contribution in [-0.4, -0.2) is 54.0 Å². The van der Waals surface area contributed by atoms with E-state index in [4.69, 9.17) is 4.42 Å². The van der Waals surface area contributed by atoms with E-state index in [1.54, 1.807) is 25.4 Å². The Hall–Kier alpha value is -3.65. The van der Waals surface area contributed by atoms with E-state index in [1.807, 2.05) is 25.1 Å². The van der Waals surface area contributed by atoms with Gasteiger partial charge in [-0.1, -0.05) is 6.07 Å². The number of nitrogens with zero attached hydrogens (tertiary/aromatic N) is 3. The van der Waals surface area contributed by atoms with Gasteiger partial charge in [0.15, 0.2) is 0 Å². The van der Waals surface area contributed by atoms with Crippen molar-refractivity contribution in [3.8, 4) is 0 Å². The van der Waals surface area contributed by atoms with Gasteiger partial charge in [-0.25, -0.2) is 4.98 Å². The lowest BCUT2D eigenvalue weighted by molar-refractivity contribution is 0.0958. The fourth-order valence-corrected chi connectivity index (χ4v) is 4.43. The highest BCUT2D eigenvalue weighted by Gasteiger charge is 2.20. The summed E-state index contributed by atoms with van der Waals surface area (Å²) in [5.41, 5.74) is 4.83. The number of aromatic amines is 1. The van der Waals surface area contributed by atoms with Gasteiger partial charge in [-0.05, 0) is 42.8 Å². The first kappa shape index (κ1) is 20.3. The zero-order valence-corrected chi connectivity index (χ0v) is 18.1. The maximum atomic E-state index is 12.3. The molecule has 2 N–H and O–H groups in total. The maximum Gasteiger partial charge on any atom is 0.269 e. The first-order chi connectivity index (χ1) is 15.5. The maximum absolute atomic E-state index is 12.3. The lowest BCUT2D eigenvalue weighted by Gasteiger charge is -2.36. The van der Waals surface area contributed by atoms with Crippen LogP contribution < -0.4 is 15.8 Å². The minimum atomic E-state index is -0.172. The third kappa shape index (κ3) is 3.62. The van der Waals surface area contributed by atoms with Crippen LogP contribution in [0, 0.1) is 6.92 Å². The first-order valence-corrected chi connectivity index (χ1v) is 10.7. The zero-order valence-electron chi connectivity index (χ0n) is 18.1. The number of piperazine rings is 1. The molecule has 4 aromatic rings. The quantitative estimate of drug-likeness (QED) is 0.516. The molecule has 1 saturated heterocycles. The molecule has 1 aromatic carbocycles. The Morgan fingerprint density at radius 3 is 2.69 bits per heavy atom. The summed E-state index contributed by atoms with van der Waals surface area (Å²) in [4.78, 5) is 36.2. The molecule has 1 fully saturated rings. The number of aryl methyl sites for hydroxylation is 1.